The van der Waals surface area contributed by atoms with Gasteiger partial charge in [-0.3, -0.25) is 9.59 Å². The predicted octanol–water partition coefficient (Wildman–Crippen LogP) is 2.28. The van der Waals surface area contributed by atoms with Crippen molar-refractivity contribution in [3.05, 3.63) is 0 Å². The highest BCUT2D eigenvalue weighted by molar-refractivity contribution is 5.66. The van der Waals surface area contributed by atoms with E-state index in [-0.39, 0.29) is 30.8 Å². The highest BCUT2D eigenvalue weighted by atomic mass is 16.7. The quantitative estimate of drug-likeness (QED) is 0.572. The average Bonchev–Trinajstić information content (AvgIpc) is 2.36. The summed E-state index contributed by atoms with van der Waals surface area (Å²) in [5.41, 5.74) is -0.325. The SMILES string of the molecule is CC(=O)OCO[C@@]1(COC(C)=O)CC[C@H]2C[C@@H]1C2(C)C. The first-order chi connectivity index (χ1) is 9.28. The number of carbonyl (C=O) groups excluding carboxylic acids is 2. The summed E-state index contributed by atoms with van der Waals surface area (Å²) in [7, 11) is 0. The maximum atomic E-state index is 11.1. The molecular weight excluding hydrogens is 260 g/mol. The number of hydrogen-bond donors (Lipinski definition) is 0. The average molecular weight is 284 g/mol. The van der Waals surface area contributed by atoms with Crippen LogP contribution in [0.4, 0.5) is 0 Å². The number of fused-ring (bicyclic) bond motifs is 2. The van der Waals surface area contributed by atoms with E-state index in [4.69, 9.17) is 14.2 Å². The van der Waals surface area contributed by atoms with Gasteiger partial charge >= 0.3 is 11.9 Å². The maximum Gasteiger partial charge on any atom is 0.304 e. The van der Waals surface area contributed by atoms with Gasteiger partial charge in [0.2, 0.25) is 0 Å². The van der Waals surface area contributed by atoms with Crippen LogP contribution in [0.2, 0.25) is 0 Å². The Bertz CT molecular complexity index is 401. The van der Waals surface area contributed by atoms with Gasteiger partial charge < -0.3 is 14.2 Å². The Morgan fingerprint density at radius 1 is 1.15 bits per heavy atom. The highest BCUT2D eigenvalue weighted by Crippen LogP contribution is 2.63. The molecule has 5 heteroatoms. The van der Waals surface area contributed by atoms with E-state index in [1.165, 1.54) is 13.8 Å². The second-order valence-corrected chi connectivity index (χ2v) is 6.59. The molecular formula is C15H24O5. The summed E-state index contributed by atoms with van der Waals surface area (Å²) in [6.07, 6.45) is 3.00. The number of esters is 2. The van der Waals surface area contributed by atoms with E-state index in [9.17, 15) is 9.59 Å². The van der Waals surface area contributed by atoms with Gasteiger partial charge in [0.05, 0.1) is 0 Å². The molecule has 114 valence electrons. The van der Waals surface area contributed by atoms with Crippen molar-refractivity contribution in [3.63, 3.8) is 0 Å². The van der Waals surface area contributed by atoms with Crippen molar-refractivity contribution in [1.82, 2.24) is 0 Å². The standard InChI is InChI=1S/C15H24O5/c1-10(16)18-8-15(20-9-19-11(2)17)6-5-12-7-13(15)14(12,3)4/h12-13H,5-9H2,1-4H3/t12-,13+,15+/m0/s1. The Balaban J connectivity index is 2.07. The summed E-state index contributed by atoms with van der Waals surface area (Å²) < 4.78 is 16.0. The Morgan fingerprint density at radius 2 is 1.80 bits per heavy atom. The maximum absolute atomic E-state index is 11.1. The molecule has 5 nitrogen and oxygen atoms in total. The van der Waals surface area contributed by atoms with Crippen molar-refractivity contribution in [2.45, 2.75) is 52.6 Å². The van der Waals surface area contributed by atoms with E-state index < -0.39 is 5.60 Å². The lowest BCUT2D eigenvalue weighted by Gasteiger charge is -2.64. The molecule has 0 amide bonds. The van der Waals surface area contributed by atoms with Crippen LogP contribution in [0, 0.1) is 17.3 Å². The van der Waals surface area contributed by atoms with E-state index in [0.717, 1.165) is 25.2 Å². The lowest BCUT2D eigenvalue weighted by molar-refractivity contribution is -0.265. The van der Waals surface area contributed by atoms with Crippen LogP contribution in [0.1, 0.15) is 47.0 Å². The van der Waals surface area contributed by atoms with E-state index in [2.05, 4.69) is 13.8 Å². The Kier molecular flexibility index (Phi) is 4.09. The molecule has 0 N–H and O–H groups in total. The molecule has 0 aromatic carbocycles. The molecule has 3 fully saturated rings. The van der Waals surface area contributed by atoms with Crippen LogP contribution >= 0.6 is 0 Å². The molecule has 2 bridgehead atoms. The summed E-state index contributed by atoms with van der Waals surface area (Å²) in [6, 6.07) is 0. The Hall–Kier alpha value is -1.10. The first kappa shape index (κ1) is 15.3. The first-order valence-corrected chi connectivity index (χ1v) is 7.18. The minimum absolute atomic E-state index is 0.0756. The third-order valence-corrected chi connectivity index (χ3v) is 5.15. The number of ether oxygens (including phenoxy) is 3. The van der Waals surface area contributed by atoms with Gasteiger partial charge in [-0.15, -0.1) is 0 Å². The topological polar surface area (TPSA) is 61.8 Å². The third-order valence-electron chi connectivity index (χ3n) is 5.15. The fourth-order valence-corrected chi connectivity index (χ4v) is 3.83. The van der Waals surface area contributed by atoms with Gasteiger partial charge in [-0.25, -0.2) is 0 Å². The zero-order chi connectivity index (χ0) is 15.0. The zero-order valence-electron chi connectivity index (χ0n) is 12.7. The molecule has 3 rings (SSSR count). The Morgan fingerprint density at radius 3 is 2.30 bits per heavy atom. The van der Waals surface area contributed by atoms with E-state index >= 15 is 0 Å². The normalized spacial score (nSPS) is 34.0. The molecule has 0 aliphatic heterocycles. The van der Waals surface area contributed by atoms with Gasteiger partial charge in [0.1, 0.15) is 12.2 Å². The zero-order valence-corrected chi connectivity index (χ0v) is 12.7. The second kappa shape index (κ2) is 5.35. The molecule has 0 heterocycles. The third kappa shape index (κ3) is 2.68. The van der Waals surface area contributed by atoms with Crippen molar-refractivity contribution < 1.29 is 23.8 Å². The molecule has 3 atom stereocenters. The van der Waals surface area contributed by atoms with E-state index in [1.54, 1.807) is 0 Å². The first-order valence-electron chi connectivity index (χ1n) is 7.18. The van der Waals surface area contributed by atoms with Crippen molar-refractivity contribution in [3.8, 4) is 0 Å². The van der Waals surface area contributed by atoms with Gasteiger partial charge in [-0.1, -0.05) is 13.8 Å². The smallest absolute Gasteiger partial charge is 0.304 e. The summed E-state index contributed by atoms with van der Waals surface area (Å²) >= 11 is 0. The molecule has 0 aromatic rings. The van der Waals surface area contributed by atoms with Crippen molar-refractivity contribution >= 4 is 11.9 Å². The molecule has 0 spiro atoms. The highest BCUT2D eigenvalue weighted by Gasteiger charge is 2.62. The molecule has 0 saturated heterocycles. The van der Waals surface area contributed by atoms with Crippen LogP contribution in [0.3, 0.4) is 0 Å². The van der Waals surface area contributed by atoms with Gasteiger partial charge in [0.15, 0.2) is 6.79 Å². The molecule has 20 heavy (non-hydrogen) atoms. The monoisotopic (exact) mass is 284 g/mol. The van der Waals surface area contributed by atoms with Gasteiger partial charge in [0, 0.05) is 13.8 Å². The fourth-order valence-electron chi connectivity index (χ4n) is 3.83. The van der Waals surface area contributed by atoms with Crippen molar-refractivity contribution in [2.75, 3.05) is 13.4 Å². The fraction of sp³-hybridized carbons (Fsp3) is 0.867. The van der Waals surface area contributed by atoms with Crippen LogP contribution in [0.25, 0.3) is 0 Å². The van der Waals surface area contributed by atoms with Crippen LogP contribution in [0.15, 0.2) is 0 Å². The van der Waals surface area contributed by atoms with Crippen LogP contribution in [0.5, 0.6) is 0 Å². The minimum atomic E-state index is -0.515. The number of carbonyl (C=O) groups is 2. The number of rotatable bonds is 5. The van der Waals surface area contributed by atoms with E-state index in [1.807, 2.05) is 0 Å². The van der Waals surface area contributed by atoms with Gasteiger partial charge in [0.25, 0.3) is 0 Å². The van der Waals surface area contributed by atoms with Crippen LogP contribution in [-0.4, -0.2) is 30.9 Å². The molecule has 3 aliphatic rings. The minimum Gasteiger partial charge on any atom is -0.463 e. The van der Waals surface area contributed by atoms with Crippen molar-refractivity contribution in [2.24, 2.45) is 17.3 Å². The molecule has 0 unspecified atom stereocenters. The number of hydrogen-bond acceptors (Lipinski definition) is 5. The lowest BCUT2D eigenvalue weighted by Crippen LogP contribution is -2.64. The summed E-state index contributed by atoms with van der Waals surface area (Å²) in [5, 5.41) is 0. The van der Waals surface area contributed by atoms with Crippen LogP contribution in [-0.2, 0) is 23.8 Å². The van der Waals surface area contributed by atoms with E-state index in [0.29, 0.717) is 5.92 Å². The van der Waals surface area contributed by atoms with Crippen LogP contribution < -0.4 is 0 Å². The van der Waals surface area contributed by atoms with Crippen molar-refractivity contribution in [1.29, 1.82) is 0 Å². The summed E-state index contributed by atoms with van der Waals surface area (Å²) in [6.45, 7) is 7.40. The molecule has 0 aromatic heterocycles. The van der Waals surface area contributed by atoms with Gasteiger partial charge in [-0.2, -0.15) is 0 Å². The second-order valence-electron chi connectivity index (χ2n) is 6.59. The largest absolute Gasteiger partial charge is 0.463 e. The molecule has 3 aliphatic carbocycles. The van der Waals surface area contributed by atoms with Gasteiger partial charge in [-0.05, 0) is 36.5 Å². The Labute approximate surface area is 120 Å². The lowest BCUT2D eigenvalue weighted by atomic mass is 9.44. The molecule has 0 radical (unpaired) electrons. The predicted molar refractivity (Wildman–Crippen MR) is 71.7 cm³/mol. The summed E-state index contributed by atoms with van der Waals surface area (Å²) in [5.74, 6) is 0.382. The molecule has 3 saturated carbocycles. The summed E-state index contributed by atoms with van der Waals surface area (Å²) in [4.78, 5) is 22.0.